The highest BCUT2D eigenvalue weighted by atomic mass is 32.1. The van der Waals surface area contributed by atoms with Gasteiger partial charge in [-0.2, -0.15) is 0 Å². The Morgan fingerprint density at radius 2 is 2.24 bits per heavy atom. The molecule has 1 aliphatic rings. The van der Waals surface area contributed by atoms with Crippen LogP contribution in [0, 0.1) is 6.92 Å². The van der Waals surface area contributed by atoms with E-state index in [1.807, 2.05) is 19.1 Å². The topological polar surface area (TPSA) is 23.6 Å². The predicted molar refractivity (Wildman–Crippen MR) is 71.9 cm³/mol. The Bertz CT molecular complexity index is 402. The first-order valence-electron chi connectivity index (χ1n) is 6.08. The second-order valence-electron chi connectivity index (χ2n) is 4.92. The molecule has 1 atom stereocenters. The van der Waals surface area contributed by atoms with Gasteiger partial charge in [-0.1, -0.05) is 0 Å². The largest absolute Gasteiger partial charge is 0.304 e. The molecule has 0 aliphatic carbocycles. The average molecular weight is 252 g/mol. The summed E-state index contributed by atoms with van der Waals surface area (Å²) in [5.41, 5.74) is 0. The number of rotatable bonds is 3. The van der Waals surface area contributed by atoms with Crippen LogP contribution >= 0.6 is 11.3 Å². The number of hydrogen-bond donors (Lipinski definition) is 0. The average Bonchev–Trinajstić information content (AvgIpc) is 2.69. The third-order valence-electron chi connectivity index (χ3n) is 3.33. The lowest BCUT2D eigenvalue weighted by Crippen LogP contribution is -2.51. The molecule has 1 aromatic heterocycles. The van der Waals surface area contributed by atoms with Gasteiger partial charge >= 0.3 is 0 Å². The second-order valence-corrected chi connectivity index (χ2v) is 6.20. The smallest absolute Gasteiger partial charge is 0.186 e. The molecule has 1 fully saturated rings. The molecule has 0 amide bonds. The summed E-state index contributed by atoms with van der Waals surface area (Å²) in [6, 6.07) is 4.44. The molecule has 1 aromatic rings. The van der Waals surface area contributed by atoms with Crippen molar-refractivity contribution in [2.24, 2.45) is 0 Å². The van der Waals surface area contributed by atoms with Gasteiger partial charge in [-0.05, 0) is 33.0 Å². The van der Waals surface area contributed by atoms with E-state index in [4.69, 9.17) is 0 Å². The Morgan fingerprint density at radius 1 is 1.47 bits per heavy atom. The number of carbonyl (C=O) groups is 1. The lowest BCUT2D eigenvalue weighted by Gasteiger charge is -2.37. The number of hydrogen-bond acceptors (Lipinski definition) is 4. The summed E-state index contributed by atoms with van der Waals surface area (Å²) in [5, 5.41) is 0. The van der Waals surface area contributed by atoms with E-state index in [1.54, 1.807) is 11.3 Å². The Kier molecular flexibility index (Phi) is 3.97. The van der Waals surface area contributed by atoms with Gasteiger partial charge < -0.3 is 4.90 Å². The molecule has 1 unspecified atom stereocenters. The number of likely N-dealkylation sites (N-methyl/N-ethyl adjacent to an activating group) is 1. The van der Waals surface area contributed by atoms with E-state index in [-0.39, 0.29) is 5.78 Å². The van der Waals surface area contributed by atoms with Crippen LogP contribution < -0.4 is 0 Å². The molecule has 1 aliphatic heterocycles. The molecule has 0 bridgehead atoms. The summed E-state index contributed by atoms with van der Waals surface area (Å²) in [6.45, 7) is 7.91. The van der Waals surface area contributed by atoms with Gasteiger partial charge in [0.15, 0.2) is 5.78 Å². The van der Waals surface area contributed by atoms with Crippen molar-refractivity contribution in [2.75, 3.05) is 33.2 Å². The van der Waals surface area contributed by atoms with E-state index in [1.165, 1.54) is 4.88 Å². The molecule has 0 radical (unpaired) electrons. The van der Waals surface area contributed by atoms with Gasteiger partial charge in [-0.25, -0.2) is 0 Å². The molecule has 0 N–H and O–H groups in total. The Labute approximate surface area is 107 Å². The van der Waals surface area contributed by atoms with Crippen molar-refractivity contribution < 1.29 is 4.79 Å². The fraction of sp³-hybridized carbons (Fsp3) is 0.615. The Balaban J connectivity index is 1.95. The number of nitrogens with zero attached hydrogens (tertiary/aromatic N) is 2. The van der Waals surface area contributed by atoms with E-state index in [9.17, 15) is 4.79 Å². The third-order valence-corrected chi connectivity index (χ3v) is 4.37. The van der Waals surface area contributed by atoms with E-state index in [0.29, 0.717) is 12.6 Å². The fourth-order valence-electron chi connectivity index (χ4n) is 2.26. The minimum absolute atomic E-state index is 0.263. The first-order valence-corrected chi connectivity index (χ1v) is 6.90. The summed E-state index contributed by atoms with van der Waals surface area (Å²) in [5.74, 6) is 0.263. The quantitative estimate of drug-likeness (QED) is 0.767. The number of thiophene rings is 1. The first kappa shape index (κ1) is 12.7. The molecule has 17 heavy (non-hydrogen) atoms. The van der Waals surface area contributed by atoms with Crippen molar-refractivity contribution in [1.82, 2.24) is 9.80 Å². The zero-order valence-corrected chi connectivity index (χ0v) is 11.6. The standard InChI is InChI=1S/C13H20N2OS/c1-10-8-14(3)6-7-15(10)9-12(16)13-5-4-11(2)17-13/h4-5,10H,6-9H2,1-3H3. The summed E-state index contributed by atoms with van der Waals surface area (Å²) in [6.07, 6.45) is 0. The monoisotopic (exact) mass is 252 g/mol. The van der Waals surface area contributed by atoms with Gasteiger partial charge in [0, 0.05) is 30.6 Å². The van der Waals surface area contributed by atoms with Gasteiger partial charge in [0.25, 0.3) is 0 Å². The second kappa shape index (κ2) is 5.29. The molecular formula is C13H20N2OS. The minimum Gasteiger partial charge on any atom is -0.304 e. The van der Waals surface area contributed by atoms with Crippen LogP contribution in [0.3, 0.4) is 0 Å². The van der Waals surface area contributed by atoms with Crippen LogP contribution in [-0.4, -0.2) is 54.9 Å². The number of piperazine rings is 1. The molecule has 4 heteroatoms. The first-order chi connectivity index (χ1) is 8.06. The highest BCUT2D eigenvalue weighted by Crippen LogP contribution is 2.17. The lowest BCUT2D eigenvalue weighted by molar-refractivity contribution is 0.0751. The number of carbonyl (C=O) groups excluding carboxylic acids is 1. The van der Waals surface area contributed by atoms with E-state index in [0.717, 1.165) is 24.5 Å². The van der Waals surface area contributed by atoms with Gasteiger partial charge in [-0.15, -0.1) is 11.3 Å². The molecule has 0 aromatic carbocycles. The van der Waals surface area contributed by atoms with Crippen LogP contribution in [0.5, 0.6) is 0 Å². The van der Waals surface area contributed by atoms with Gasteiger partial charge in [0.2, 0.25) is 0 Å². The van der Waals surface area contributed by atoms with Crippen molar-refractivity contribution in [3.8, 4) is 0 Å². The van der Waals surface area contributed by atoms with Gasteiger partial charge in [0.1, 0.15) is 0 Å². The molecule has 0 saturated carbocycles. The highest BCUT2D eigenvalue weighted by Gasteiger charge is 2.23. The maximum Gasteiger partial charge on any atom is 0.186 e. The summed E-state index contributed by atoms with van der Waals surface area (Å²) >= 11 is 1.60. The SMILES string of the molecule is Cc1ccc(C(=O)CN2CCN(C)CC2C)s1. The molecule has 3 nitrogen and oxygen atoms in total. The van der Waals surface area contributed by atoms with E-state index in [2.05, 4.69) is 23.8 Å². The van der Waals surface area contributed by atoms with Crippen LogP contribution in [0.4, 0.5) is 0 Å². The van der Waals surface area contributed by atoms with Crippen LogP contribution in [-0.2, 0) is 0 Å². The molecular weight excluding hydrogens is 232 g/mol. The maximum atomic E-state index is 12.1. The molecule has 2 heterocycles. The van der Waals surface area contributed by atoms with Crippen molar-refractivity contribution in [3.05, 3.63) is 21.9 Å². The van der Waals surface area contributed by atoms with Crippen LogP contribution in [0.15, 0.2) is 12.1 Å². The van der Waals surface area contributed by atoms with E-state index >= 15 is 0 Å². The van der Waals surface area contributed by atoms with Crippen LogP contribution in [0.1, 0.15) is 21.5 Å². The molecule has 94 valence electrons. The Hall–Kier alpha value is -0.710. The predicted octanol–water partition coefficient (Wildman–Crippen LogP) is 1.88. The fourth-order valence-corrected chi connectivity index (χ4v) is 3.06. The summed E-state index contributed by atoms with van der Waals surface area (Å²) < 4.78 is 0. The third kappa shape index (κ3) is 3.15. The van der Waals surface area contributed by atoms with Crippen LogP contribution in [0.2, 0.25) is 0 Å². The normalized spacial score (nSPS) is 22.9. The highest BCUT2D eigenvalue weighted by molar-refractivity contribution is 7.14. The minimum atomic E-state index is 0.263. The molecule has 1 saturated heterocycles. The lowest BCUT2D eigenvalue weighted by atomic mass is 10.2. The maximum absolute atomic E-state index is 12.1. The number of Topliss-reactive ketones (excluding diaryl/α,β-unsaturated/α-hetero) is 1. The van der Waals surface area contributed by atoms with Crippen molar-refractivity contribution in [3.63, 3.8) is 0 Å². The van der Waals surface area contributed by atoms with Crippen LogP contribution in [0.25, 0.3) is 0 Å². The summed E-state index contributed by atoms with van der Waals surface area (Å²) in [4.78, 5) is 18.8. The van der Waals surface area contributed by atoms with Crippen molar-refractivity contribution in [2.45, 2.75) is 19.9 Å². The molecule has 2 rings (SSSR count). The van der Waals surface area contributed by atoms with Crippen molar-refractivity contribution in [1.29, 1.82) is 0 Å². The number of ketones is 1. The van der Waals surface area contributed by atoms with E-state index < -0.39 is 0 Å². The number of aryl methyl sites for hydroxylation is 1. The van der Waals surface area contributed by atoms with Gasteiger partial charge in [0.05, 0.1) is 11.4 Å². The zero-order chi connectivity index (χ0) is 12.4. The summed E-state index contributed by atoms with van der Waals surface area (Å²) in [7, 11) is 2.14. The van der Waals surface area contributed by atoms with Crippen molar-refractivity contribution >= 4 is 17.1 Å². The Morgan fingerprint density at radius 3 is 2.82 bits per heavy atom. The molecule has 0 spiro atoms. The zero-order valence-electron chi connectivity index (χ0n) is 10.8. The van der Waals surface area contributed by atoms with Gasteiger partial charge in [-0.3, -0.25) is 9.69 Å².